The van der Waals surface area contributed by atoms with Gasteiger partial charge in [0.2, 0.25) is 5.95 Å². The molecule has 0 saturated carbocycles. The largest absolute Gasteiger partial charge is 0.396 e. The molecule has 0 atom stereocenters. The SMILES string of the molecule is Nc1nc(N)c(-c2nc(-c3ccc(Br)cc3)cs2)c(CCCO)n1. The Balaban J connectivity index is 2.01. The Kier molecular flexibility index (Phi) is 5.08. The van der Waals surface area contributed by atoms with E-state index in [4.69, 9.17) is 16.6 Å². The monoisotopic (exact) mass is 405 g/mol. The summed E-state index contributed by atoms with van der Waals surface area (Å²) < 4.78 is 1.02. The van der Waals surface area contributed by atoms with Gasteiger partial charge in [0.05, 0.1) is 17.0 Å². The molecule has 1 aromatic carbocycles. The summed E-state index contributed by atoms with van der Waals surface area (Å²) in [5, 5.41) is 11.8. The summed E-state index contributed by atoms with van der Waals surface area (Å²) in [7, 11) is 0. The Bertz CT molecular complexity index is 850. The fraction of sp³-hybridized carbons (Fsp3) is 0.188. The molecule has 0 aliphatic rings. The second kappa shape index (κ2) is 7.25. The van der Waals surface area contributed by atoms with Crippen LogP contribution in [0.3, 0.4) is 0 Å². The average molecular weight is 406 g/mol. The Hall–Kier alpha value is -2.03. The maximum Gasteiger partial charge on any atom is 0.222 e. The van der Waals surface area contributed by atoms with E-state index < -0.39 is 0 Å². The summed E-state index contributed by atoms with van der Waals surface area (Å²) in [6.45, 7) is 0.0747. The number of halogens is 1. The first-order valence-electron chi connectivity index (χ1n) is 7.33. The third-order valence-corrected chi connectivity index (χ3v) is 4.85. The highest BCUT2D eigenvalue weighted by Gasteiger charge is 2.17. The van der Waals surface area contributed by atoms with Gasteiger partial charge in [0.15, 0.2) is 0 Å². The minimum atomic E-state index is 0.0747. The number of hydrogen-bond donors (Lipinski definition) is 3. The van der Waals surface area contributed by atoms with Gasteiger partial charge in [0, 0.05) is 22.0 Å². The predicted octanol–water partition coefficient (Wildman–Crippen LogP) is 3.12. The van der Waals surface area contributed by atoms with Gasteiger partial charge < -0.3 is 16.6 Å². The van der Waals surface area contributed by atoms with Crippen LogP contribution in [0.4, 0.5) is 11.8 Å². The first-order chi connectivity index (χ1) is 11.6. The molecule has 3 aromatic rings. The zero-order chi connectivity index (χ0) is 17.1. The van der Waals surface area contributed by atoms with Gasteiger partial charge in [-0.15, -0.1) is 11.3 Å². The summed E-state index contributed by atoms with van der Waals surface area (Å²) >= 11 is 4.91. The minimum absolute atomic E-state index is 0.0747. The van der Waals surface area contributed by atoms with E-state index >= 15 is 0 Å². The van der Waals surface area contributed by atoms with E-state index in [0.29, 0.717) is 29.9 Å². The molecule has 2 heterocycles. The second-order valence-electron chi connectivity index (χ2n) is 5.16. The molecule has 124 valence electrons. The van der Waals surface area contributed by atoms with Gasteiger partial charge in [-0.25, -0.2) is 9.97 Å². The van der Waals surface area contributed by atoms with E-state index in [1.165, 1.54) is 11.3 Å². The molecule has 0 saturated heterocycles. The number of aromatic nitrogens is 3. The van der Waals surface area contributed by atoms with Gasteiger partial charge in [-0.1, -0.05) is 28.1 Å². The highest BCUT2D eigenvalue weighted by Crippen LogP contribution is 2.34. The number of nitrogens with zero attached hydrogens (tertiary/aromatic N) is 3. The van der Waals surface area contributed by atoms with Crippen LogP contribution in [-0.2, 0) is 6.42 Å². The van der Waals surface area contributed by atoms with Crippen molar-refractivity contribution >= 4 is 39.0 Å². The molecular formula is C16H16BrN5OS. The van der Waals surface area contributed by atoms with Crippen LogP contribution in [0.15, 0.2) is 34.1 Å². The maximum absolute atomic E-state index is 9.08. The van der Waals surface area contributed by atoms with E-state index in [9.17, 15) is 0 Å². The van der Waals surface area contributed by atoms with Gasteiger partial charge in [-0.3, -0.25) is 0 Å². The average Bonchev–Trinajstić information content (AvgIpc) is 3.02. The zero-order valence-electron chi connectivity index (χ0n) is 12.7. The van der Waals surface area contributed by atoms with Crippen LogP contribution in [0.5, 0.6) is 0 Å². The summed E-state index contributed by atoms with van der Waals surface area (Å²) in [4.78, 5) is 13.0. The van der Waals surface area contributed by atoms with Crippen molar-refractivity contribution in [3.63, 3.8) is 0 Å². The number of nitrogen functional groups attached to an aromatic ring is 2. The van der Waals surface area contributed by atoms with Crippen molar-refractivity contribution in [1.82, 2.24) is 15.0 Å². The van der Waals surface area contributed by atoms with Crippen LogP contribution in [-0.4, -0.2) is 26.7 Å². The molecule has 0 aliphatic heterocycles. The predicted molar refractivity (Wildman–Crippen MR) is 101 cm³/mol. The zero-order valence-corrected chi connectivity index (χ0v) is 15.1. The lowest BCUT2D eigenvalue weighted by Gasteiger charge is -2.09. The fourth-order valence-corrected chi connectivity index (χ4v) is 3.52. The number of thiazole rings is 1. The molecule has 0 spiro atoms. The Morgan fingerprint density at radius 3 is 2.54 bits per heavy atom. The van der Waals surface area contributed by atoms with E-state index in [1.54, 1.807) is 0 Å². The van der Waals surface area contributed by atoms with Crippen LogP contribution in [0.1, 0.15) is 12.1 Å². The molecule has 5 N–H and O–H groups in total. The standard InChI is InChI=1S/C16H16BrN5OS/c17-10-5-3-9(4-6-10)12-8-24-15(20-12)13-11(2-1-7-23)21-16(19)22-14(13)18/h3-6,8,23H,1-2,7H2,(H4,18,19,21,22). The molecule has 2 aromatic heterocycles. The summed E-state index contributed by atoms with van der Waals surface area (Å²) in [5.41, 5.74) is 15.1. The number of anilines is 2. The molecule has 0 unspecified atom stereocenters. The lowest BCUT2D eigenvalue weighted by atomic mass is 10.1. The molecule has 8 heteroatoms. The van der Waals surface area contributed by atoms with E-state index in [0.717, 1.165) is 20.7 Å². The second-order valence-corrected chi connectivity index (χ2v) is 6.93. The summed E-state index contributed by atoms with van der Waals surface area (Å²) in [6, 6.07) is 7.94. The van der Waals surface area contributed by atoms with Gasteiger partial charge in [0.1, 0.15) is 10.8 Å². The van der Waals surface area contributed by atoms with Gasteiger partial charge >= 0.3 is 0 Å². The summed E-state index contributed by atoms with van der Waals surface area (Å²) in [6.07, 6.45) is 1.14. The Morgan fingerprint density at radius 2 is 1.83 bits per heavy atom. The number of benzene rings is 1. The summed E-state index contributed by atoms with van der Waals surface area (Å²) in [5.74, 6) is 0.445. The van der Waals surface area contributed by atoms with E-state index in [-0.39, 0.29) is 12.6 Å². The fourth-order valence-electron chi connectivity index (χ4n) is 2.35. The van der Waals surface area contributed by atoms with Crippen LogP contribution >= 0.6 is 27.3 Å². The third kappa shape index (κ3) is 3.55. The number of rotatable bonds is 5. The van der Waals surface area contributed by atoms with E-state index in [1.807, 2.05) is 29.6 Å². The molecule has 6 nitrogen and oxygen atoms in total. The van der Waals surface area contributed by atoms with Crippen molar-refractivity contribution in [2.24, 2.45) is 0 Å². The molecule has 0 radical (unpaired) electrons. The van der Waals surface area contributed by atoms with Gasteiger partial charge in [0.25, 0.3) is 0 Å². The number of aliphatic hydroxyl groups excluding tert-OH is 1. The first kappa shape index (κ1) is 16.8. The Morgan fingerprint density at radius 1 is 1.08 bits per heavy atom. The van der Waals surface area contributed by atoms with Crippen LogP contribution < -0.4 is 11.5 Å². The molecule has 0 aliphatic carbocycles. The number of hydrogen-bond acceptors (Lipinski definition) is 7. The minimum Gasteiger partial charge on any atom is -0.396 e. The molecular weight excluding hydrogens is 390 g/mol. The normalized spacial score (nSPS) is 10.9. The first-order valence-corrected chi connectivity index (χ1v) is 9.00. The van der Waals surface area contributed by atoms with Crippen molar-refractivity contribution in [2.45, 2.75) is 12.8 Å². The highest BCUT2D eigenvalue weighted by molar-refractivity contribution is 9.10. The number of nitrogens with two attached hydrogens (primary N) is 2. The molecule has 0 amide bonds. The number of aryl methyl sites for hydroxylation is 1. The van der Waals surface area contributed by atoms with Crippen molar-refractivity contribution in [1.29, 1.82) is 0 Å². The van der Waals surface area contributed by atoms with Crippen molar-refractivity contribution < 1.29 is 5.11 Å². The van der Waals surface area contributed by atoms with Gasteiger partial charge in [-0.2, -0.15) is 4.98 Å². The lowest BCUT2D eigenvalue weighted by Crippen LogP contribution is -2.07. The van der Waals surface area contributed by atoms with Crippen LogP contribution in [0.25, 0.3) is 21.8 Å². The lowest BCUT2D eigenvalue weighted by molar-refractivity contribution is 0.288. The van der Waals surface area contributed by atoms with Crippen molar-refractivity contribution in [2.75, 3.05) is 18.1 Å². The van der Waals surface area contributed by atoms with Crippen LogP contribution in [0, 0.1) is 0 Å². The molecule has 24 heavy (non-hydrogen) atoms. The highest BCUT2D eigenvalue weighted by atomic mass is 79.9. The Labute approximate surface area is 151 Å². The maximum atomic E-state index is 9.08. The van der Waals surface area contributed by atoms with Crippen molar-refractivity contribution in [3.8, 4) is 21.8 Å². The smallest absolute Gasteiger partial charge is 0.222 e. The van der Waals surface area contributed by atoms with Crippen LogP contribution in [0.2, 0.25) is 0 Å². The molecule has 3 rings (SSSR count). The molecule has 0 fully saturated rings. The number of aliphatic hydroxyl groups is 1. The quantitative estimate of drug-likeness (QED) is 0.601. The van der Waals surface area contributed by atoms with Gasteiger partial charge in [-0.05, 0) is 25.0 Å². The van der Waals surface area contributed by atoms with Crippen molar-refractivity contribution in [3.05, 3.63) is 39.8 Å². The topological polar surface area (TPSA) is 111 Å². The molecule has 0 bridgehead atoms. The third-order valence-electron chi connectivity index (χ3n) is 3.46. The van der Waals surface area contributed by atoms with E-state index in [2.05, 4.69) is 30.9 Å².